The monoisotopic (exact) mass is 271 g/mol. The first-order chi connectivity index (χ1) is 9.60. The molecule has 106 valence electrons. The van der Waals surface area contributed by atoms with Crippen molar-refractivity contribution in [3.63, 3.8) is 0 Å². The number of aliphatic hydroxyl groups excluding tert-OH is 1. The zero-order valence-electron chi connectivity index (χ0n) is 12.2. The largest absolute Gasteiger partial charge is 0.497 e. The normalized spacial score (nSPS) is 12.0. The highest BCUT2D eigenvalue weighted by Gasteiger charge is 2.11. The van der Waals surface area contributed by atoms with E-state index in [0.29, 0.717) is 6.54 Å². The Hall–Kier alpha value is -2.00. The van der Waals surface area contributed by atoms with E-state index in [1.54, 1.807) is 7.11 Å². The van der Waals surface area contributed by atoms with Gasteiger partial charge in [-0.2, -0.15) is 0 Å². The van der Waals surface area contributed by atoms with Crippen LogP contribution in [0.2, 0.25) is 0 Å². The second kappa shape index (κ2) is 6.44. The van der Waals surface area contributed by atoms with E-state index in [2.05, 4.69) is 24.0 Å². The minimum Gasteiger partial charge on any atom is -0.497 e. The highest BCUT2D eigenvalue weighted by atomic mass is 16.5. The molecule has 1 atom stereocenters. The third-order valence-electron chi connectivity index (χ3n) is 3.39. The topological polar surface area (TPSA) is 32.7 Å². The Morgan fingerprint density at radius 3 is 2.45 bits per heavy atom. The molecule has 0 heterocycles. The first-order valence-corrected chi connectivity index (χ1v) is 6.70. The highest BCUT2D eigenvalue weighted by Crippen LogP contribution is 2.21. The summed E-state index contributed by atoms with van der Waals surface area (Å²) in [6, 6.07) is 15.8. The van der Waals surface area contributed by atoms with E-state index in [1.807, 2.05) is 43.4 Å². The second-order valence-corrected chi connectivity index (χ2v) is 5.01. The maximum absolute atomic E-state index is 10.3. The fraction of sp³-hybridized carbons (Fsp3) is 0.294. The molecule has 1 unspecified atom stereocenters. The van der Waals surface area contributed by atoms with Gasteiger partial charge in [0.1, 0.15) is 5.75 Å². The number of benzene rings is 2. The number of methoxy groups -OCH3 is 1. The molecular weight excluding hydrogens is 250 g/mol. The molecule has 0 saturated carbocycles. The van der Waals surface area contributed by atoms with Crippen LogP contribution in [0.15, 0.2) is 48.5 Å². The molecule has 2 aromatic carbocycles. The first kappa shape index (κ1) is 14.4. The summed E-state index contributed by atoms with van der Waals surface area (Å²) in [7, 11) is 3.62. The Morgan fingerprint density at radius 2 is 1.85 bits per heavy atom. The molecule has 0 fully saturated rings. The number of hydrogen-bond donors (Lipinski definition) is 1. The summed E-state index contributed by atoms with van der Waals surface area (Å²) in [5, 5.41) is 10.3. The number of anilines is 1. The van der Waals surface area contributed by atoms with Crippen LogP contribution in [0.3, 0.4) is 0 Å². The van der Waals surface area contributed by atoms with E-state index in [9.17, 15) is 5.11 Å². The summed E-state index contributed by atoms with van der Waals surface area (Å²) in [5.74, 6) is 0.799. The molecule has 0 saturated heterocycles. The van der Waals surface area contributed by atoms with Gasteiger partial charge in [0.25, 0.3) is 0 Å². The van der Waals surface area contributed by atoms with E-state index >= 15 is 0 Å². The lowest BCUT2D eigenvalue weighted by atomic mass is 10.1. The molecule has 2 aromatic rings. The zero-order chi connectivity index (χ0) is 14.5. The Balaban J connectivity index is 2.04. The van der Waals surface area contributed by atoms with Crippen molar-refractivity contribution < 1.29 is 9.84 Å². The van der Waals surface area contributed by atoms with Crippen LogP contribution >= 0.6 is 0 Å². The molecule has 0 spiro atoms. The summed E-state index contributed by atoms with van der Waals surface area (Å²) in [6.45, 7) is 2.62. The molecule has 20 heavy (non-hydrogen) atoms. The summed E-state index contributed by atoms with van der Waals surface area (Å²) >= 11 is 0. The third kappa shape index (κ3) is 3.52. The van der Waals surface area contributed by atoms with Gasteiger partial charge in [-0.3, -0.25) is 0 Å². The van der Waals surface area contributed by atoms with Gasteiger partial charge in [0.2, 0.25) is 0 Å². The molecule has 2 rings (SSSR count). The van der Waals surface area contributed by atoms with E-state index in [1.165, 1.54) is 5.56 Å². The molecule has 0 radical (unpaired) electrons. The van der Waals surface area contributed by atoms with E-state index < -0.39 is 6.10 Å². The van der Waals surface area contributed by atoms with Crippen molar-refractivity contribution in [3.05, 3.63) is 59.7 Å². The molecule has 0 aliphatic rings. The average Bonchev–Trinajstić information content (AvgIpc) is 2.47. The van der Waals surface area contributed by atoms with E-state index in [0.717, 1.165) is 17.0 Å². The number of nitrogens with zero attached hydrogens (tertiary/aromatic N) is 1. The quantitative estimate of drug-likeness (QED) is 0.906. The van der Waals surface area contributed by atoms with Gasteiger partial charge in [0.05, 0.1) is 13.2 Å². The Morgan fingerprint density at radius 1 is 1.15 bits per heavy atom. The predicted octanol–water partition coefficient (Wildman–Crippen LogP) is 3.17. The van der Waals surface area contributed by atoms with Crippen LogP contribution in [0.4, 0.5) is 5.69 Å². The maximum atomic E-state index is 10.3. The highest BCUT2D eigenvalue weighted by molar-refractivity contribution is 5.48. The molecule has 0 amide bonds. The van der Waals surface area contributed by atoms with Gasteiger partial charge in [-0.1, -0.05) is 24.3 Å². The van der Waals surface area contributed by atoms with Crippen LogP contribution in [-0.4, -0.2) is 25.8 Å². The molecule has 0 bridgehead atoms. The molecule has 0 aliphatic heterocycles. The van der Waals surface area contributed by atoms with Gasteiger partial charge >= 0.3 is 0 Å². The fourth-order valence-electron chi connectivity index (χ4n) is 2.16. The van der Waals surface area contributed by atoms with Crippen molar-refractivity contribution >= 4 is 5.69 Å². The molecule has 3 nitrogen and oxygen atoms in total. The number of aliphatic hydroxyl groups is 1. The van der Waals surface area contributed by atoms with Gasteiger partial charge in [-0.15, -0.1) is 0 Å². The van der Waals surface area contributed by atoms with E-state index in [4.69, 9.17) is 4.74 Å². The summed E-state index contributed by atoms with van der Waals surface area (Å²) < 4.78 is 5.12. The molecule has 0 aromatic heterocycles. The zero-order valence-corrected chi connectivity index (χ0v) is 12.2. The van der Waals surface area contributed by atoms with Crippen LogP contribution < -0.4 is 9.64 Å². The van der Waals surface area contributed by atoms with Crippen molar-refractivity contribution in [3.8, 4) is 5.75 Å². The van der Waals surface area contributed by atoms with Gasteiger partial charge in [0.15, 0.2) is 0 Å². The van der Waals surface area contributed by atoms with Crippen LogP contribution in [0.5, 0.6) is 5.75 Å². The average molecular weight is 271 g/mol. The Labute approximate surface area is 120 Å². The fourth-order valence-corrected chi connectivity index (χ4v) is 2.16. The van der Waals surface area contributed by atoms with Crippen molar-refractivity contribution in [2.75, 3.05) is 25.6 Å². The van der Waals surface area contributed by atoms with Gasteiger partial charge < -0.3 is 14.7 Å². The summed E-state index contributed by atoms with van der Waals surface area (Å²) in [6.07, 6.45) is -0.522. The van der Waals surface area contributed by atoms with Crippen LogP contribution in [0, 0.1) is 6.92 Å². The molecular formula is C17H21NO2. The summed E-state index contributed by atoms with van der Waals surface area (Å²) in [4.78, 5) is 2.06. The molecule has 0 aliphatic carbocycles. The smallest absolute Gasteiger partial charge is 0.118 e. The van der Waals surface area contributed by atoms with Crippen molar-refractivity contribution in [1.82, 2.24) is 0 Å². The lowest BCUT2D eigenvalue weighted by Gasteiger charge is -2.23. The third-order valence-corrected chi connectivity index (χ3v) is 3.39. The van der Waals surface area contributed by atoms with Crippen molar-refractivity contribution in [2.45, 2.75) is 13.0 Å². The van der Waals surface area contributed by atoms with Crippen LogP contribution in [-0.2, 0) is 0 Å². The van der Waals surface area contributed by atoms with Gasteiger partial charge in [0, 0.05) is 19.3 Å². The predicted molar refractivity (Wildman–Crippen MR) is 82.4 cm³/mol. The minimum absolute atomic E-state index is 0.522. The number of ether oxygens (including phenoxy) is 1. The molecule has 1 N–H and O–H groups in total. The Kier molecular flexibility index (Phi) is 4.64. The van der Waals surface area contributed by atoms with Gasteiger partial charge in [-0.25, -0.2) is 0 Å². The standard InChI is InChI=1S/C17H21NO2/c1-13-5-4-6-15(11-13)18(2)12-17(19)14-7-9-16(20-3)10-8-14/h4-11,17,19H,12H2,1-3H3. The second-order valence-electron chi connectivity index (χ2n) is 5.01. The number of aryl methyl sites for hydroxylation is 1. The van der Waals surface area contributed by atoms with Crippen LogP contribution in [0.25, 0.3) is 0 Å². The van der Waals surface area contributed by atoms with Gasteiger partial charge in [-0.05, 0) is 42.3 Å². The first-order valence-electron chi connectivity index (χ1n) is 6.70. The maximum Gasteiger partial charge on any atom is 0.118 e. The van der Waals surface area contributed by atoms with Crippen molar-refractivity contribution in [2.24, 2.45) is 0 Å². The lowest BCUT2D eigenvalue weighted by Crippen LogP contribution is -2.24. The minimum atomic E-state index is -0.522. The van der Waals surface area contributed by atoms with Crippen molar-refractivity contribution in [1.29, 1.82) is 0 Å². The lowest BCUT2D eigenvalue weighted by molar-refractivity contribution is 0.185. The number of likely N-dealkylation sites (N-methyl/N-ethyl adjacent to an activating group) is 1. The summed E-state index contributed by atoms with van der Waals surface area (Å²) in [5.41, 5.74) is 3.22. The number of rotatable bonds is 5. The Bertz CT molecular complexity index is 551. The van der Waals surface area contributed by atoms with E-state index in [-0.39, 0.29) is 0 Å². The van der Waals surface area contributed by atoms with Crippen LogP contribution in [0.1, 0.15) is 17.2 Å². The SMILES string of the molecule is COc1ccc(C(O)CN(C)c2cccc(C)c2)cc1. The molecule has 3 heteroatoms. The number of hydrogen-bond acceptors (Lipinski definition) is 3.